The molecule has 1 amide bonds. The van der Waals surface area contributed by atoms with Crippen LogP contribution in [0.3, 0.4) is 0 Å². The number of aryl methyl sites for hydroxylation is 2. The summed E-state index contributed by atoms with van der Waals surface area (Å²) in [5.41, 5.74) is 2.73. The molecule has 2 heterocycles. The van der Waals surface area contributed by atoms with Gasteiger partial charge in [-0.2, -0.15) is 4.31 Å². The summed E-state index contributed by atoms with van der Waals surface area (Å²) in [6.07, 6.45) is 3.93. The van der Waals surface area contributed by atoms with Gasteiger partial charge < -0.3 is 9.88 Å². The third-order valence-electron chi connectivity index (χ3n) is 4.56. The highest BCUT2D eigenvalue weighted by molar-refractivity contribution is 7.89. The van der Waals surface area contributed by atoms with Gasteiger partial charge in [0.25, 0.3) is 0 Å². The Bertz CT molecular complexity index is 852. The fraction of sp³-hybridized carbons (Fsp3) is 0.389. The molecular weight excluding hydrogens is 338 g/mol. The number of aromatic amines is 1. The van der Waals surface area contributed by atoms with E-state index < -0.39 is 10.0 Å². The molecule has 1 N–H and O–H groups in total. The number of hydrogen-bond donors (Lipinski definition) is 1. The summed E-state index contributed by atoms with van der Waals surface area (Å²) in [4.78, 5) is 17.4. The fourth-order valence-electron chi connectivity index (χ4n) is 3.16. The molecule has 1 aliphatic rings. The first kappa shape index (κ1) is 17.7. The smallest absolute Gasteiger partial charge is 0.243 e. The zero-order valence-corrected chi connectivity index (χ0v) is 15.3. The molecule has 1 saturated heterocycles. The van der Waals surface area contributed by atoms with Crippen LogP contribution >= 0.6 is 0 Å². The van der Waals surface area contributed by atoms with Gasteiger partial charge in [0.15, 0.2) is 0 Å². The van der Waals surface area contributed by atoms with Crippen LogP contribution in [-0.4, -0.2) is 54.7 Å². The summed E-state index contributed by atoms with van der Waals surface area (Å²) in [5, 5.41) is 0. The van der Waals surface area contributed by atoms with Gasteiger partial charge in [-0.05, 0) is 37.1 Å². The van der Waals surface area contributed by atoms with Gasteiger partial charge in [0.1, 0.15) is 0 Å². The quantitative estimate of drug-likeness (QED) is 0.901. The maximum Gasteiger partial charge on any atom is 0.243 e. The average molecular weight is 361 g/mol. The molecule has 2 aromatic rings. The normalized spacial score (nSPS) is 16.2. The van der Waals surface area contributed by atoms with Crippen molar-refractivity contribution in [3.05, 3.63) is 53.3 Å². The summed E-state index contributed by atoms with van der Waals surface area (Å²) >= 11 is 0. The van der Waals surface area contributed by atoms with Crippen LogP contribution in [0.4, 0.5) is 0 Å². The van der Waals surface area contributed by atoms with E-state index in [0.717, 1.165) is 16.7 Å². The number of carbonyl (C=O) groups excluding carboxylic acids is 1. The van der Waals surface area contributed by atoms with Gasteiger partial charge in [-0.15, -0.1) is 0 Å². The van der Waals surface area contributed by atoms with Crippen LogP contribution < -0.4 is 0 Å². The molecule has 0 radical (unpaired) electrons. The Morgan fingerprint density at radius 3 is 2.44 bits per heavy atom. The number of amides is 1. The molecule has 6 nitrogen and oxygen atoms in total. The fourth-order valence-corrected chi connectivity index (χ4v) is 4.79. The van der Waals surface area contributed by atoms with Crippen molar-refractivity contribution in [1.82, 2.24) is 14.2 Å². The number of carbonyl (C=O) groups is 1. The Morgan fingerprint density at radius 1 is 1.12 bits per heavy atom. The molecule has 0 atom stereocenters. The lowest BCUT2D eigenvalue weighted by Crippen LogP contribution is -2.50. The van der Waals surface area contributed by atoms with E-state index in [1.165, 1.54) is 4.31 Å². The van der Waals surface area contributed by atoms with E-state index in [0.29, 0.717) is 37.5 Å². The van der Waals surface area contributed by atoms with Crippen LogP contribution in [-0.2, 0) is 21.2 Å². The van der Waals surface area contributed by atoms with Crippen molar-refractivity contribution in [2.45, 2.75) is 25.2 Å². The molecule has 1 aromatic heterocycles. The van der Waals surface area contributed by atoms with E-state index in [4.69, 9.17) is 0 Å². The molecule has 25 heavy (non-hydrogen) atoms. The number of benzene rings is 1. The van der Waals surface area contributed by atoms with Crippen molar-refractivity contribution in [2.75, 3.05) is 26.2 Å². The lowest BCUT2D eigenvalue weighted by atomic mass is 10.2. The average Bonchev–Trinajstić information content (AvgIpc) is 3.07. The van der Waals surface area contributed by atoms with Gasteiger partial charge in [-0.1, -0.05) is 17.7 Å². The zero-order chi connectivity index (χ0) is 18.0. The van der Waals surface area contributed by atoms with Gasteiger partial charge >= 0.3 is 0 Å². The van der Waals surface area contributed by atoms with E-state index in [2.05, 4.69) is 4.98 Å². The summed E-state index contributed by atoms with van der Waals surface area (Å²) in [6, 6.07) is 7.24. The van der Waals surface area contributed by atoms with Gasteiger partial charge in [0.05, 0.1) is 11.3 Å². The van der Waals surface area contributed by atoms with Crippen molar-refractivity contribution >= 4 is 15.9 Å². The van der Waals surface area contributed by atoms with Gasteiger partial charge in [0.2, 0.25) is 15.9 Å². The van der Waals surface area contributed by atoms with Crippen molar-refractivity contribution < 1.29 is 13.2 Å². The number of nitrogens with one attached hydrogen (secondary N) is 1. The standard InChI is InChI=1S/C18H23N3O3S/c1-14-3-4-17(15(2)11-14)25(23,24)21-9-7-20(8-10-21)18(22)12-16-5-6-19-13-16/h3-6,11,13,19H,7-10,12H2,1-2H3. The van der Waals surface area contributed by atoms with Crippen molar-refractivity contribution in [2.24, 2.45) is 0 Å². The number of sulfonamides is 1. The minimum absolute atomic E-state index is 0.0307. The summed E-state index contributed by atoms with van der Waals surface area (Å²) in [7, 11) is -3.52. The molecular formula is C18H23N3O3S. The van der Waals surface area contributed by atoms with Gasteiger partial charge in [0, 0.05) is 38.6 Å². The van der Waals surface area contributed by atoms with Crippen LogP contribution in [0.2, 0.25) is 0 Å². The second-order valence-corrected chi connectivity index (χ2v) is 8.36. The van der Waals surface area contributed by atoms with Crippen LogP contribution in [0.15, 0.2) is 41.6 Å². The Kier molecular flexibility index (Phi) is 4.96. The van der Waals surface area contributed by atoms with Crippen LogP contribution in [0.5, 0.6) is 0 Å². The highest BCUT2D eigenvalue weighted by Gasteiger charge is 2.30. The van der Waals surface area contributed by atoms with Crippen LogP contribution in [0.1, 0.15) is 16.7 Å². The Hall–Kier alpha value is -2.12. The first-order chi connectivity index (χ1) is 11.9. The Labute approximate surface area is 148 Å². The molecule has 0 bridgehead atoms. The topological polar surface area (TPSA) is 73.5 Å². The van der Waals surface area contributed by atoms with E-state index >= 15 is 0 Å². The van der Waals surface area contributed by atoms with Crippen molar-refractivity contribution in [1.29, 1.82) is 0 Å². The first-order valence-corrected chi connectivity index (χ1v) is 9.79. The molecule has 0 spiro atoms. The van der Waals surface area contributed by atoms with E-state index in [1.54, 1.807) is 23.4 Å². The minimum atomic E-state index is -3.52. The van der Waals surface area contributed by atoms with Crippen molar-refractivity contribution in [3.8, 4) is 0 Å². The molecule has 0 unspecified atom stereocenters. The second kappa shape index (κ2) is 7.01. The molecule has 0 saturated carbocycles. The molecule has 0 aliphatic carbocycles. The lowest BCUT2D eigenvalue weighted by molar-refractivity contribution is -0.131. The summed E-state index contributed by atoms with van der Waals surface area (Å²) in [6.45, 7) is 5.26. The number of rotatable bonds is 4. The number of piperazine rings is 1. The lowest BCUT2D eigenvalue weighted by Gasteiger charge is -2.34. The summed E-state index contributed by atoms with van der Waals surface area (Å²) < 4.78 is 27.2. The predicted molar refractivity (Wildman–Crippen MR) is 95.8 cm³/mol. The van der Waals surface area contributed by atoms with Gasteiger partial charge in [-0.25, -0.2) is 8.42 Å². The summed E-state index contributed by atoms with van der Waals surface area (Å²) in [5.74, 6) is 0.0307. The Morgan fingerprint density at radius 2 is 1.84 bits per heavy atom. The third-order valence-corrected chi connectivity index (χ3v) is 6.62. The minimum Gasteiger partial charge on any atom is -0.367 e. The highest BCUT2D eigenvalue weighted by atomic mass is 32.2. The molecule has 3 rings (SSSR count). The van der Waals surface area contributed by atoms with Crippen LogP contribution in [0.25, 0.3) is 0 Å². The van der Waals surface area contributed by atoms with E-state index in [1.807, 2.05) is 32.0 Å². The SMILES string of the molecule is Cc1ccc(S(=O)(=O)N2CCN(C(=O)Cc3cc[nH]c3)CC2)c(C)c1. The monoisotopic (exact) mass is 361 g/mol. The molecule has 134 valence electrons. The molecule has 1 fully saturated rings. The van der Waals surface area contributed by atoms with E-state index in [-0.39, 0.29) is 5.91 Å². The number of nitrogens with zero attached hydrogens (tertiary/aromatic N) is 2. The number of aromatic nitrogens is 1. The van der Waals surface area contributed by atoms with Gasteiger partial charge in [-0.3, -0.25) is 4.79 Å². The van der Waals surface area contributed by atoms with E-state index in [9.17, 15) is 13.2 Å². The number of hydrogen-bond acceptors (Lipinski definition) is 3. The van der Waals surface area contributed by atoms with Crippen LogP contribution in [0, 0.1) is 13.8 Å². The largest absolute Gasteiger partial charge is 0.367 e. The predicted octanol–water partition coefficient (Wildman–Crippen LogP) is 1.71. The maximum atomic E-state index is 12.9. The molecule has 1 aromatic carbocycles. The van der Waals surface area contributed by atoms with Crippen molar-refractivity contribution in [3.63, 3.8) is 0 Å². The second-order valence-electron chi connectivity index (χ2n) is 6.45. The third kappa shape index (κ3) is 3.77. The Balaban J connectivity index is 1.66. The number of H-pyrrole nitrogens is 1. The highest BCUT2D eigenvalue weighted by Crippen LogP contribution is 2.22. The molecule has 1 aliphatic heterocycles. The maximum absolute atomic E-state index is 12.9. The zero-order valence-electron chi connectivity index (χ0n) is 14.5. The first-order valence-electron chi connectivity index (χ1n) is 8.35. The molecule has 7 heteroatoms.